The van der Waals surface area contributed by atoms with Crippen LogP contribution >= 0.6 is 11.6 Å². The van der Waals surface area contributed by atoms with Gasteiger partial charge in [-0.3, -0.25) is 0 Å². The summed E-state index contributed by atoms with van der Waals surface area (Å²) < 4.78 is 23.6. The number of rotatable bonds is 3. The predicted octanol–water partition coefficient (Wildman–Crippen LogP) is 3.62. The van der Waals surface area contributed by atoms with Gasteiger partial charge in [-0.05, 0) is 26.0 Å². The fraction of sp³-hybridized carbons (Fsp3) is 0.231. The number of hydrogen-bond acceptors (Lipinski definition) is 4. The minimum atomic E-state index is -0.624. The molecular formula is C13H11ClFNO3. The summed E-state index contributed by atoms with van der Waals surface area (Å²) >= 11 is 5.71. The van der Waals surface area contributed by atoms with Crippen LogP contribution in [0.1, 0.15) is 23.0 Å². The standard InChI is InChI=1S/C13H11ClFNO3/c1-3-18-13(17)12-7(2)11(16-19-12)8-5-4-6-9(14)10(8)15/h4-6H,3H2,1-2H3. The zero-order valence-corrected chi connectivity index (χ0v) is 11.1. The van der Waals surface area contributed by atoms with Crippen LogP contribution in [0.25, 0.3) is 11.3 Å². The SMILES string of the molecule is CCOC(=O)c1onc(-c2cccc(Cl)c2F)c1C. The molecule has 4 nitrogen and oxygen atoms in total. The van der Waals surface area contributed by atoms with Gasteiger partial charge in [0.05, 0.1) is 11.6 Å². The first-order valence-corrected chi connectivity index (χ1v) is 6.01. The Kier molecular flexibility index (Phi) is 3.85. The lowest BCUT2D eigenvalue weighted by Crippen LogP contribution is -2.04. The highest BCUT2D eigenvalue weighted by Crippen LogP contribution is 2.30. The first-order valence-electron chi connectivity index (χ1n) is 5.64. The molecule has 1 heterocycles. The summed E-state index contributed by atoms with van der Waals surface area (Å²) in [6.07, 6.45) is 0. The highest BCUT2D eigenvalue weighted by atomic mass is 35.5. The van der Waals surface area contributed by atoms with Crippen molar-refractivity contribution in [2.24, 2.45) is 0 Å². The zero-order chi connectivity index (χ0) is 14.0. The largest absolute Gasteiger partial charge is 0.460 e. The van der Waals surface area contributed by atoms with Crippen LogP contribution in [0, 0.1) is 12.7 Å². The van der Waals surface area contributed by atoms with Crippen molar-refractivity contribution in [3.63, 3.8) is 0 Å². The van der Waals surface area contributed by atoms with E-state index >= 15 is 0 Å². The van der Waals surface area contributed by atoms with E-state index in [0.29, 0.717) is 5.56 Å². The Labute approximate surface area is 114 Å². The molecule has 0 saturated heterocycles. The van der Waals surface area contributed by atoms with Crippen molar-refractivity contribution in [1.29, 1.82) is 0 Å². The number of hydrogen-bond donors (Lipinski definition) is 0. The molecule has 0 saturated carbocycles. The van der Waals surface area contributed by atoms with E-state index < -0.39 is 11.8 Å². The summed E-state index contributed by atoms with van der Waals surface area (Å²) in [5, 5.41) is 3.70. The number of carbonyl (C=O) groups is 1. The van der Waals surface area contributed by atoms with Gasteiger partial charge in [0.1, 0.15) is 5.69 Å². The quantitative estimate of drug-likeness (QED) is 0.807. The van der Waals surface area contributed by atoms with E-state index in [0.717, 1.165) is 0 Å². The first kappa shape index (κ1) is 13.5. The van der Waals surface area contributed by atoms with Gasteiger partial charge in [0.15, 0.2) is 5.82 Å². The normalized spacial score (nSPS) is 10.5. The molecule has 0 atom stereocenters. The lowest BCUT2D eigenvalue weighted by Gasteiger charge is -2.02. The van der Waals surface area contributed by atoms with Crippen molar-refractivity contribution in [2.75, 3.05) is 6.61 Å². The molecule has 6 heteroatoms. The summed E-state index contributed by atoms with van der Waals surface area (Å²) in [7, 11) is 0. The lowest BCUT2D eigenvalue weighted by atomic mass is 10.1. The average Bonchev–Trinajstić information content (AvgIpc) is 2.75. The molecule has 1 aromatic carbocycles. The van der Waals surface area contributed by atoms with Crippen molar-refractivity contribution < 1.29 is 18.4 Å². The van der Waals surface area contributed by atoms with Crippen LogP contribution in [0.2, 0.25) is 5.02 Å². The second kappa shape index (κ2) is 5.40. The van der Waals surface area contributed by atoms with Crippen molar-refractivity contribution in [2.45, 2.75) is 13.8 Å². The molecule has 0 fully saturated rings. The van der Waals surface area contributed by atoms with E-state index in [9.17, 15) is 9.18 Å². The summed E-state index contributed by atoms with van der Waals surface area (Å²) in [5.74, 6) is -1.26. The van der Waals surface area contributed by atoms with Gasteiger partial charge in [-0.15, -0.1) is 0 Å². The molecule has 0 aliphatic heterocycles. The highest BCUT2D eigenvalue weighted by Gasteiger charge is 2.23. The number of carbonyl (C=O) groups excluding carboxylic acids is 1. The Hall–Kier alpha value is -1.88. The van der Waals surface area contributed by atoms with Gasteiger partial charge in [0.2, 0.25) is 5.76 Å². The van der Waals surface area contributed by atoms with Crippen LogP contribution < -0.4 is 0 Å². The Bertz CT molecular complexity index is 624. The van der Waals surface area contributed by atoms with Gasteiger partial charge in [0, 0.05) is 11.1 Å². The summed E-state index contributed by atoms with van der Waals surface area (Å²) in [6.45, 7) is 3.51. The molecule has 0 radical (unpaired) electrons. The maximum atomic E-state index is 13.9. The van der Waals surface area contributed by atoms with Gasteiger partial charge in [-0.2, -0.15) is 0 Å². The zero-order valence-electron chi connectivity index (χ0n) is 10.4. The van der Waals surface area contributed by atoms with Crippen molar-refractivity contribution in [1.82, 2.24) is 5.16 Å². The molecule has 0 amide bonds. The van der Waals surface area contributed by atoms with Crippen LogP contribution in [0.3, 0.4) is 0 Å². The first-order chi connectivity index (χ1) is 9.06. The van der Waals surface area contributed by atoms with E-state index in [1.165, 1.54) is 12.1 Å². The molecule has 0 N–H and O–H groups in total. The second-order valence-electron chi connectivity index (χ2n) is 3.81. The summed E-state index contributed by atoms with van der Waals surface area (Å²) in [4.78, 5) is 11.6. The molecule has 1 aromatic heterocycles. The fourth-order valence-corrected chi connectivity index (χ4v) is 1.84. The topological polar surface area (TPSA) is 52.3 Å². The third-order valence-electron chi connectivity index (χ3n) is 2.59. The van der Waals surface area contributed by atoms with Gasteiger partial charge < -0.3 is 9.26 Å². The molecular weight excluding hydrogens is 273 g/mol. The summed E-state index contributed by atoms with van der Waals surface area (Å²) in [6, 6.07) is 4.54. The fourth-order valence-electron chi connectivity index (χ4n) is 1.66. The second-order valence-corrected chi connectivity index (χ2v) is 4.21. The van der Waals surface area contributed by atoms with E-state index in [1.807, 2.05) is 0 Å². The molecule has 100 valence electrons. The number of nitrogens with zero attached hydrogens (tertiary/aromatic N) is 1. The van der Waals surface area contributed by atoms with Crippen LogP contribution in [-0.2, 0) is 4.74 Å². The number of aromatic nitrogens is 1. The minimum Gasteiger partial charge on any atom is -0.460 e. The van der Waals surface area contributed by atoms with E-state index in [2.05, 4.69) is 5.16 Å². The Morgan fingerprint density at radius 2 is 2.26 bits per heavy atom. The molecule has 2 aromatic rings. The van der Waals surface area contributed by atoms with Crippen LogP contribution in [0.15, 0.2) is 22.7 Å². The van der Waals surface area contributed by atoms with Gasteiger partial charge in [-0.25, -0.2) is 9.18 Å². The van der Waals surface area contributed by atoms with Crippen molar-refractivity contribution in [3.8, 4) is 11.3 Å². The number of halogens is 2. The third kappa shape index (κ3) is 2.46. The van der Waals surface area contributed by atoms with Crippen molar-refractivity contribution >= 4 is 17.6 Å². The van der Waals surface area contributed by atoms with Crippen molar-refractivity contribution in [3.05, 3.63) is 40.4 Å². The maximum absolute atomic E-state index is 13.9. The molecule has 0 unspecified atom stereocenters. The minimum absolute atomic E-state index is 0.0161. The predicted molar refractivity (Wildman–Crippen MR) is 67.6 cm³/mol. The average molecular weight is 284 g/mol. The van der Waals surface area contributed by atoms with Gasteiger partial charge >= 0.3 is 5.97 Å². The van der Waals surface area contributed by atoms with Crippen LogP contribution in [0.4, 0.5) is 4.39 Å². The molecule has 0 aliphatic rings. The van der Waals surface area contributed by atoms with Gasteiger partial charge in [-0.1, -0.05) is 22.8 Å². The number of benzene rings is 1. The maximum Gasteiger partial charge on any atom is 0.377 e. The highest BCUT2D eigenvalue weighted by molar-refractivity contribution is 6.31. The van der Waals surface area contributed by atoms with Crippen LogP contribution in [0.5, 0.6) is 0 Å². The van der Waals surface area contributed by atoms with E-state index in [1.54, 1.807) is 19.9 Å². The Balaban J connectivity index is 2.48. The Morgan fingerprint density at radius 1 is 1.53 bits per heavy atom. The van der Waals surface area contributed by atoms with E-state index in [4.69, 9.17) is 20.9 Å². The molecule has 2 rings (SSSR count). The van der Waals surface area contributed by atoms with Gasteiger partial charge in [0.25, 0.3) is 0 Å². The molecule has 0 aliphatic carbocycles. The smallest absolute Gasteiger partial charge is 0.377 e. The third-order valence-corrected chi connectivity index (χ3v) is 2.88. The van der Waals surface area contributed by atoms with E-state index in [-0.39, 0.29) is 28.6 Å². The molecule has 0 spiro atoms. The molecule has 0 bridgehead atoms. The summed E-state index contributed by atoms with van der Waals surface area (Å²) in [5.41, 5.74) is 0.840. The lowest BCUT2D eigenvalue weighted by molar-refractivity contribution is 0.0478. The molecule has 19 heavy (non-hydrogen) atoms. The van der Waals surface area contributed by atoms with Crippen LogP contribution in [-0.4, -0.2) is 17.7 Å². The number of ether oxygens (including phenoxy) is 1. The number of esters is 1. The monoisotopic (exact) mass is 283 g/mol. The Morgan fingerprint density at radius 3 is 2.95 bits per heavy atom.